The number of benzene rings is 1. The molecule has 0 aromatic heterocycles. The fraction of sp³-hybridized carbons (Fsp3) is 0.417. The Morgan fingerprint density at radius 1 is 1.33 bits per heavy atom. The van der Waals surface area contributed by atoms with Crippen LogP contribution >= 0.6 is 12.4 Å². The molecule has 0 bridgehead atoms. The van der Waals surface area contributed by atoms with Gasteiger partial charge in [-0.3, -0.25) is 4.79 Å². The van der Waals surface area contributed by atoms with Gasteiger partial charge < -0.3 is 10.6 Å². The highest BCUT2D eigenvalue weighted by Crippen LogP contribution is 2.17. The van der Waals surface area contributed by atoms with Crippen LogP contribution < -0.4 is 10.6 Å². The Morgan fingerprint density at radius 2 is 2.11 bits per heavy atom. The zero-order valence-electron chi connectivity index (χ0n) is 9.71. The molecule has 1 fully saturated rings. The van der Waals surface area contributed by atoms with Crippen LogP contribution in [0.25, 0.3) is 0 Å². The van der Waals surface area contributed by atoms with Crippen molar-refractivity contribution in [3.8, 4) is 0 Å². The molecule has 1 aliphatic rings. The van der Waals surface area contributed by atoms with Gasteiger partial charge in [-0.05, 0) is 31.5 Å². The number of nitrogens with one attached hydrogen (secondary N) is 2. The van der Waals surface area contributed by atoms with E-state index in [0.29, 0.717) is 0 Å². The molecule has 0 aliphatic carbocycles. The highest BCUT2D eigenvalue weighted by Gasteiger charge is 2.21. The molecule has 1 aromatic carbocycles. The van der Waals surface area contributed by atoms with Gasteiger partial charge >= 0.3 is 0 Å². The fourth-order valence-corrected chi connectivity index (χ4v) is 1.90. The second-order valence-corrected chi connectivity index (χ2v) is 4.09. The number of carbonyl (C=O) groups is 1. The molecule has 3 nitrogen and oxygen atoms in total. The zero-order chi connectivity index (χ0) is 12.3. The molecule has 1 aromatic rings. The van der Waals surface area contributed by atoms with E-state index in [1.54, 1.807) is 0 Å². The molecule has 0 spiro atoms. The molecule has 1 amide bonds. The summed E-state index contributed by atoms with van der Waals surface area (Å²) in [5.41, 5.74) is -0.109. The molecule has 0 radical (unpaired) electrons. The van der Waals surface area contributed by atoms with Gasteiger partial charge in [0.05, 0.1) is 11.7 Å². The quantitative estimate of drug-likeness (QED) is 0.871. The number of hydrogen-bond acceptors (Lipinski definition) is 2. The van der Waals surface area contributed by atoms with Crippen LogP contribution in [0.2, 0.25) is 0 Å². The van der Waals surface area contributed by atoms with E-state index in [2.05, 4.69) is 10.6 Å². The lowest BCUT2D eigenvalue weighted by molar-refractivity contribution is -0.118. The molecule has 6 heteroatoms. The third kappa shape index (κ3) is 3.40. The maximum absolute atomic E-state index is 13.3. The zero-order valence-corrected chi connectivity index (χ0v) is 10.5. The maximum atomic E-state index is 13.3. The lowest BCUT2D eigenvalue weighted by atomic mass is 10.0. The normalized spacial score (nSPS) is 18.9. The van der Waals surface area contributed by atoms with E-state index in [9.17, 15) is 13.6 Å². The summed E-state index contributed by atoms with van der Waals surface area (Å²) in [6.07, 6.45) is 2.73. The van der Waals surface area contributed by atoms with Crippen LogP contribution in [0.1, 0.15) is 19.3 Å². The first-order chi connectivity index (χ1) is 8.18. The Bertz CT molecular complexity index is 423. The smallest absolute Gasteiger partial charge is 0.241 e. The highest BCUT2D eigenvalue weighted by atomic mass is 35.5. The fourth-order valence-electron chi connectivity index (χ4n) is 1.90. The van der Waals surface area contributed by atoms with Gasteiger partial charge in [0.2, 0.25) is 5.91 Å². The lowest BCUT2D eigenvalue weighted by Crippen LogP contribution is -2.43. The molecule has 1 aliphatic heterocycles. The summed E-state index contributed by atoms with van der Waals surface area (Å²) in [5, 5.41) is 5.45. The van der Waals surface area contributed by atoms with Crippen molar-refractivity contribution in [3.05, 3.63) is 29.8 Å². The third-order valence-electron chi connectivity index (χ3n) is 2.84. The van der Waals surface area contributed by atoms with E-state index < -0.39 is 11.6 Å². The Morgan fingerprint density at radius 3 is 2.78 bits per heavy atom. The molecule has 2 N–H and O–H groups in total. The second-order valence-electron chi connectivity index (χ2n) is 4.09. The predicted octanol–water partition coefficient (Wildman–Crippen LogP) is 2.47. The Kier molecular flexibility index (Phi) is 5.50. The molecule has 100 valence electrons. The monoisotopic (exact) mass is 276 g/mol. The minimum atomic E-state index is -1.02. The van der Waals surface area contributed by atoms with Crippen LogP contribution in [0.4, 0.5) is 14.5 Å². The van der Waals surface area contributed by atoms with E-state index in [0.717, 1.165) is 31.9 Å². The largest absolute Gasteiger partial charge is 0.322 e. The summed E-state index contributed by atoms with van der Waals surface area (Å²) in [7, 11) is 0. The minimum absolute atomic E-state index is 0. The maximum Gasteiger partial charge on any atom is 0.241 e. The number of carbonyl (C=O) groups excluding carboxylic acids is 1. The lowest BCUT2D eigenvalue weighted by Gasteiger charge is -2.22. The standard InChI is InChI=1S/C12H14F2N2O.ClH/c13-8-4-3-6-9(11(8)14)16-12(17)10-5-1-2-7-15-10;/h3-4,6,10,15H,1-2,5,7H2,(H,16,17);1H/t10-;/m0./s1. The van der Waals surface area contributed by atoms with Gasteiger partial charge in [-0.2, -0.15) is 0 Å². The summed E-state index contributed by atoms with van der Waals surface area (Å²) >= 11 is 0. The SMILES string of the molecule is Cl.O=C(Nc1cccc(F)c1F)[C@@H]1CCCCN1. The summed E-state index contributed by atoms with van der Waals surface area (Å²) in [6, 6.07) is 3.41. The summed E-state index contributed by atoms with van der Waals surface area (Å²) in [6.45, 7) is 0.781. The van der Waals surface area contributed by atoms with Crippen molar-refractivity contribution in [1.29, 1.82) is 0 Å². The topological polar surface area (TPSA) is 41.1 Å². The first kappa shape index (κ1) is 14.9. The average Bonchev–Trinajstić information content (AvgIpc) is 2.36. The highest BCUT2D eigenvalue weighted by molar-refractivity contribution is 5.95. The van der Waals surface area contributed by atoms with Crippen molar-refractivity contribution in [3.63, 3.8) is 0 Å². The van der Waals surface area contributed by atoms with E-state index >= 15 is 0 Å². The average molecular weight is 277 g/mol. The molecule has 1 heterocycles. The number of amides is 1. The van der Waals surface area contributed by atoms with Gasteiger partial charge in [0.15, 0.2) is 11.6 Å². The Labute approximate surface area is 110 Å². The van der Waals surface area contributed by atoms with Gasteiger partial charge in [-0.15, -0.1) is 12.4 Å². The third-order valence-corrected chi connectivity index (χ3v) is 2.84. The van der Waals surface area contributed by atoms with Gasteiger partial charge in [0.25, 0.3) is 0 Å². The summed E-state index contributed by atoms with van der Waals surface area (Å²) in [5.74, 6) is -2.29. The van der Waals surface area contributed by atoms with E-state index in [1.165, 1.54) is 12.1 Å². The summed E-state index contributed by atoms with van der Waals surface area (Å²) < 4.78 is 26.2. The van der Waals surface area contributed by atoms with Crippen molar-refractivity contribution in [2.45, 2.75) is 25.3 Å². The number of anilines is 1. The number of hydrogen-bond donors (Lipinski definition) is 2. The molecule has 1 saturated heterocycles. The Balaban J connectivity index is 0.00000162. The van der Waals surface area contributed by atoms with Crippen LogP contribution in [0.5, 0.6) is 0 Å². The molecular formula is C12H15ClF2N2O. The first-order valence-corrected chi connectivity index (χ1v) is 5.67. The van der Waals surface area contributed by atoms with E-state index in [4.69, 9.17) is 0 Å². The van der Waals surface area contributed by atoms with Gasteiger partial charge in [-0.25, -0.2) is 8.78 Å². The van der Waals surface area contributed by atoms with Crippen LogP contribution in [0.3, 0.4) is 0 Å². The van der Waals surface area contributed by atoms with Crippen molar-refractivity contribution < 1.29 is 13.6 Å². The number of halogens is 3. The number of piperidine rings is 1. The van der Waals surface area contributed by atoms with Crippen molar-refractivity contribution in [2.24, 2.45) is 0 Å². The molecule has 0 unspecified atom stereocenters. The van der Waals surface area contributed by atoms with E-state index in [1.807, 2.05) is 0 Å². The van der Waals surface area contributed by atoms with Crippen molar-refractivity contribution in [2.75, 3.05) is 11.9 Å². The van der Waals surface area contributed by atoms with Crippen molar-refractivity contribution >= 4 is 24.0 Å². The molecule has 1 atom stereocenters. The first-order valence-electron chi connectivity index (χ1n) is 5.67. The van der Waals surface area contributed by atoms with Crippen molar-refractivity contribution in [1.82, 2.24) is 5.32 Å². The van der Waals surface area contributed by atoms with Gasteiger partial charge in [0.1, 0.15) is 0 Å². The predicted molar refractivity (Wildman–Crippen MR) is 67.9 cm³/mol. The molecule has 2 rings (SSSR count). The minimum Gasteiger partial charge on any atom is -0.322 e. The Hall–Kier alpha value is -1.20. The summed E-state index contributed by atoms with van der Waals surface area (Å²) in [4.78, 5) is 11.8. The van der Waals surface area contributed by atoms with Crippen LogP contribution in [0, 0.1) is 11.6 Å². The van der Waals surface area contributed by atoms with Crippen LogP contribution in [0.15, 0.2) is 18.2 Å². The van der Waals surface area contributed by atoms with Crippen LogP contribution in [-0.2, 0) is 4.79 Å². The van der Waals surface area contributed by atoms with E-state index in [-0.39, 0.29) is 30.0 Å². The molecule has 18 heavy (non-hydrogen) atoms. The van der Waals surface area contributed by atoms with Gasteiger partial charge in [-0.1, -0.05) is 12.5 Å². The molecule has 0 saturated carbocycles. The number of rotatable bonds is 2. The van der Waals surface area contributed by atoms with Gasteiger partial charge in [0, 0.05) is 0 Å². The van der Waals surface area contributed by atoms with Crippen LogP contribution in [-0.4, -0.2) is 18.5 Å². The molecular weight excluding hydrogens is 262 g/mol. The second kappa shape index (κ2) is 6.66.